The predicted molar refractivity (Wildman–Crippen MR) is 292 cm³/mol. The Morgan fingerprint density at radius 3 is 1.77 bits per heavy atom. The molecule has 3 nitrogen and oxygen atoms in total. The summed E-state index contributed by atoms with van der Waals surface area (Å²) in [4.78, 5) is 2.42. The first-order valence-corrected chi connectivity index (χ1v) is 23.9. The van der Waals surface area contributed by atoms with Gasteiger partial charge in [-0.25, -0.2) is 0 Å². The van der Waals surface area contributed by atoms with Crippen molar-refractivity contribution >= 4 is 55.7 Å². The van der Waals surface area contributed by atoms with Crippen molar-refractivity contribution in [3.8, 4) is 39.4 Å². The van der Waals surface area contributed by atoms with Crippen LogP contribution in [0.4, 0.5) is 17.1 Å². The highest BCUT2D eigenvalue weighted by atomic mass is 16.5. The van der Waals surface area contributed by atoms with Gasteiger partial charge in [0, 0.05) is 33.5 Å². The molecule has 0 saturated carbocycles. The van der Waals surface area contributed by atoms with E-state index >= 15 is 0 Å². The zero-order chi connectivity index (χ0) is 46.6. The first-order valence-electron chi connectivity index (χ1n) is 23.9. The Morgan fingerprint density at radius 1 is 0.400 bits per heavy atom. The number of benzene rings is 11. The lowest BCUT2D eigenvalue weighted by molar-refractivity contribution is 0.482. The van der Waals surface area contributed by atoms with E-state index < -0.39 is 5.41 Å². The van der Waals surface area contributed by atoms with E-state index in [-0.39, 0.29) is 0 Å². The fraction of sp³-hybridized carbons (Fsp3) is 0.0149. The Morgan fingerprint density at radius 2 is 0.986 bits per heavy atom. The maximum atomic E-state index is 6.40. The van der Waals surface area contributed by atoms with E-state index in [9.17, 15) is 0 Å². The lowest BCUT2D eigenvalue weighted by Crippen LogP contribution is -2.28. The van der Waals surface area contributed by atoms with E-state index in [1.807, 2.05) is 30.3 Å². The number of anilines is 3. The quantitative estimate of drug-likeness (QED) is 0.136. The van der Waals surface area contributed by atoms with Gasteiger partial charge in [0.2, 0.25) is 0 Å². The van der Waals surface area contributed by atoms with Gasteiger partial charge in [-0.2, -0.15) is 0 Å². The number of ether oxygens (including phenoxy) is 1. The van der Waals surface area contributed by atoms with Crippen molar-refractivity contribution in [2.45, 2.75) is 5.41 Å². The van der Waals surface area contributed by atoms with Crippen molar-refractivity contribution in [3.05, 3.63) is 295 Å². The fourth-order valence-electron chi connectivity index (χ4n) is 11.0. The number of hydrogen-bond donors (Lipinski definition) is 0. The lowest BCUT2D eigenvalue weighted by Gasteiger charge is -2.35. The van der Waals surface area contributed by atoms with Crippen molar-refractivity contribution in [3.63, 3.8) is 0 Å². The molecule has 1 heterocycles. The molecule has 1 unspecified atom stereocenters. The molecule has 11 aromatic carbocycles. The SMILES string of the molecule is C=Cc1ccc(Oc2ccc(C3(c4ccccc4)c4ccccc4-c4ccc(N(c5ccc(-c6ccc7c(c6)c6ccccc6n7-c6ccccc6)cc5)c5ccc6ccccc6c5)cc43)cc2)cc1. The molecule has 330 valence electrons. The smallest absolute Gasteiger partial charge is 0.127 e. The Labute approximate surface area is 408 Å². The largest absolute Gasteiger partial charge is 0.457 e. The second-order valence-electron chi connectivity index (χ2n) is 18.1. The van der Waals surface area contributed by atoms with Gasteiger partial charge in [0.15, 0.2) is 0 Å². The summed E-state index contributed by atoms with van der Waals surface area (Å²) in [5, 5.41) is 4.88. The van der Waals surface area contributed by atoms with Crippen molar-refractivity contribution in [2.24, 2.45) is 0 Å². The van der Waals surface area contributed by atoms with Gasteiger partial charge in [-0.3, -0.25) is 0 Å². The number of fused-ring (bicyclic) bond motifs is 7. The molecule has 1 atom stereocenters. The standard InChI is InChI=1S/C67H46N2O/c1-2-46-25-37-57(38-26-46)70-58-39-31-52(32-40-58)67(51-17-5-3-6-18-51)63-23-13-11-21-59(63)60-41-36-56(45-64(60)67)68(55-35-29-47-15-9-10-16-49(47)43-55)54-33-27-48(28-34-54)50-30-42-66-62(44-50)61-22-12-14-24-65(61)69(66)53-19-7-4-8-20-53/h2-45H,1H2. The van der Waals surface area contributed by atoms with Crippen molar-refractivity contribution in [1.82, 2.24) is 4.57 Å². The van der Waals surface area contributed by atoms with Crippen LogP contribution in [0.15, 0.2) is 267 Å². The van der Waals surface area contributed by atoms with E-state index in [1.54, 1.807) is 0 Å². The van der Waals surface area contributed by atoms with Crippen LogP contribution in [0, 0.1) is 0 Å². The minimum atomic E-state index is -0.617. The van der Waals surface area contributed by atoms with Gasteiger partial charge in [-0.15, -0.1) is 0 Å². The first-order chi connectivity index (χ1) is 34.6. The number of hydrogen-bond acceptors (Lipinski definition) is 2. The van der Waals surface area contributed by atoms with Crippen LogP contribution in [0.25, 0.3) is 66.6 Å². The van der Waals surface area contributed by atoms with Gasteiger partial charge in [-0.1, -0.05) is 183 Å². The van der Waals surface area contributed by atoms with Gasteiger partial charge in [-0.05, 0) is 152 Å². The average molecular weight is 895 g/mol. The molecule has 0 radical (unpaired) electrons. The molecule has 0 N–H and O–H groups in total. The van der Waals surface area contributed by atoms with Gasteiger partial charge in [0.25, 0.3) is 0 Å². The normalized spacial score (nSPS) is 13.8. The monoisotopic (exact) mass is 894 g/mol. The van der Waals surface area contributed by atoms with Crippen LogP contribution in [-0.4, -0.2) is 4.57 Å². The van der Waals surface area contributed by atoms with E-state index in [0.29, 0.717) is 0 Å². The number of para-hydroxylation sites is 2. The summed E-state index contributed by atoms with van der Waals surface area (Å²) in [5.41, 5.74) is 16.9. The maximum Gasteiger partial charge on any atom is 0.127 e. The molecule has 1 aromatic heterocycles. The molecule has 1 aliphatic rings. The van der Waals surface area contributed by atoms with Crippen LogP contribution in [0.5, 0.6) is 11.5 Å². The molecule has 0 spiro atoms. The third-order valence-electron chi connectivity index (χ3n) is 14.3. The zero-order valence-corrected chi connectivity index (χ0v) is 38.4. The molecule has 1 aliphatic carbocycles. The van der Waals surface area contributed by atoms with Gasteiger partial charge < -0.3 is 14.2 Å². The van der Waals surface area contributed by atoms with Crippen LogP contribution >= 0.6 is 0 Å². The summed E-state index contributed by atoms with van der Waals surface area (Å²) in [6, 6.07) is 94.5. The molecule has 70 heavy (non-hydrogen) atoms. The highest BCUT2D eigenvalue weighted by Crippen LogP contribution is 2.57. The molecule has 0 amide bonds. The summed E-state index contributed by atoms with van der Waals surface area (Å²) in [6.07, 6.45) is 1.84. The predicted octanol–water partition coefficient (Wildman–Crippen LogP) is 17.9. The van der Waals surface area contributed by atoms with E-state index in [0.717, 1.165) is 45.4 Å². The number of aromatic nitrogens is 1. The molecule has 12 aromatic rings. The topological polar surface area (TPSA) is 17.4 Å². The van der Waals surface area contributed by atoms with Crippen molar-refractivity contribution < 1.29 is 4.74 Å². The van der Waals surface area contributed by atoms with Gasteiger partial charge in [0.1, 0.15) is 11.5 Å². The van der Waals surface area contributed by atoms with Crippen LogP contribution in [0.2, 0.25) is 0 Å². The maximum absolute atomic E-state index is 6.40. The van der Waals surface area contributed by atoms with Crippen LogP contribution in [0.3, 0.4) is 0 Å². The third-order valence-corrected chi connectivity index (χ3v) is 14.3. The molecular weight excluding hydrogens is 849 g/mol. The zero-order valence-electron chi connectivity index (χ0n) is 38.4. The van der Waals surface area contributed by atoms with Gasteiger partial charge in [0.05, 0.1) is 16.4 Å². The Balaban J connectivity index is 0.952. The Bertz CT molecular complexity index is 3910. The minimum Gasteiger partial charge on any atom is -0.457 e. The molecule has 0 bridgehead atoms. The molecular formula is C67H46N2O. The van der Waals surface area contributed by atoms with Crippen LogP contribution < -0.4 is 9.64 Å². The first kappa shape index (κ1) is 41.0. The number of rotatable bonds is 10. The summed E-state index contributed by atoms with van der Waals surface area (Å²) < 4.78 is 8.77. The second kappa shape index (κ2) is 16.9. The summed E-state index contributed by atoms with van der Waals surface area (Å²) >= 11 is 0. The summed E-state index contributed by atoms with van der Waals surface area (Å²) in [7, 11) is 0. The third kappa shape index (κ3) is 6.74. The van der Waals surface area contributed by atoms with E-state index in [4.69, 9.17) is 4.74 Å². The molecule has 3 heteroatoms. The average Bonchev–Trinajstić information content (AvgIpc) is 3.92. The minimum absolute atomic E-state index is 0.617. The molecule has 0 fully saturated rings. The van der Waals surface area contributed by atoms with Crippen LogP contribution in [0.1, 0.15) is 27.8 Å². The van der Waals surface area contributed by atoms with Crippen molar-refractivity contribution in [2.75, 3.05) is 4.90 Å². The summed E-state index contributed by atoms with van der Waals surface area (Å²) in [5.74, 6) is 1.57. The van der Waals surface area contributed by atoms with E-state index in [1.165, 1.54) is 71.5 Å². The fourth-order valence-corrected chi connectivity index (χ4v) is 11.0. The van der Waals surface area contributed by atoms with E-state index in [2.05, 4.69) is 253 Å². The molecule has 0 aliphatic heterocycles. The Hall–Kier alpha value is -9.18. The number of nitrogens with zero attached hydrogens (tertiary/aromatic N) is 2. The van der Waals surface area contributed by atoms with Gasteiger partial charge >= 0.3 is 0 Å². The lowest BCUT2D eigenvalue weighted by atomic mass is 9.67. The summed E-state index contributed by atoms with van der Waals surface area (Å²) in [6.45, 7) is 3.90. The highest BCUT2D eigenvalue weighted by Gasteiger charge is 2.46. The van der Waals surface area contributed by atoms with Crippen molar-refractivity contribution in [1.29, 1.82) is 0 Å². The second-order valence-corrected chi connectivity index (χ2v) is 18.1. The van der Waals surface area contributed by atoms with Crippen LogP contribution in [-0.2, 0) is 5.41 Å². The molecule has 13 rings (SSSR count). The Kier molecular flexibility index (Phi) is 9.88. The molecule has 0 saturated heterocycles. The highest BCUT2D eigenvalue weighted by molar-refractivity contribution is 6.10.